The third-order valence-electron chi connectivity index (χ3n) is 5.89. The molecule has 0 bridgehead atoms. The maximum atomic E-state index is 13.2. The topological polar surface area (TPSA) is 47.7 Å². The Hall–Kier alpha value is -2.92. The summed E-state index contributed by atoms with van der Waals surface area (Å²) in [5, 5.41) is 8.66. The summed E-state index contributed by atoms with van der Waals surface area (Å²) in [6.07, 6.45) is 6.40. The molecule has 142 valence electrons. The second-order valence-electron chi connectivity index (χ2n) is 7.62. The van der Waals surface area contributed by atoms with Gasteiger partial charge in [-0.3, -0.25) is 10.00 Å². The van der Waals surface area contributed by atoms with Crippen LogP contribution in [0.25, 0.3) is 22.2 Å². The summed E-state index contributed by atoms with van der Waals surface area (Å²) in [5.74, 6) is 0.387. The van der Waals surface area contributed by atoms with E-state index in [0.29, 0.717) is 5.92 Å². The van der Waals surface area contributed by atoms with Crippen molar-refractivity contribution in [3.63, 3.8) is 0 Å². The fraction of sp³-hybridized carbons (Fsp3) is 0.261. The third kappa shape index (κ3) is 3.22. The van der Waals surface area contributed by atoms with Crippen molar-refractivity contribution in [3.8, 4) is 11.3 Å². The van der Waals surface area contributed by atoms with E-state index in [4.69, 9.17) is 0 Å². The predicted molar refractivity (Wildman–Crippen MR) is 110 cm³/mol. The van der Waals surface area contributed by atoms with Gasteiger partial charge in [-0.05, 0) is 67.7 Å². The van der Waals surface area contributed by atoms with Crippen molar-refractivity contribution in [2.45, 2.75) is 25.3 Å². The van der Waals surface area contributed by atoms with Crippen molar-refractivity contribution < 1.29 is 4.39 Å². The Morgan fingerprint density at radius 3 is 2.64 bits per heavy atom. The fourth-order valence-corrected chi connectivity index (χ4v) is 4.37. The normalized spacial score (nSPS) is 16.0. The Bertz CT molecular complexity index is 1070. The zero-order valence-electron chi connectivity index (χ0n) is 15.7. The van der Waals surface area contributed by atoms with E-state index in [2.05, 4.69) is 50.5 Å². The molecule has 4 nitrogen and oxygen atoms in total. The maximum absolute atomic E-state index is 13.2. The van der Waals surface area contributed by atoms with Crippen LogP contribution in [0.1, 0.15) is 29.9 Å². The van der Waals surface area contributed by atoms with Crippen molar-refractivity contribution in [2.24, 2.45) is 0 Å². The number of hydrogen-bond acceptors (Lipinski definition) is 2. The lowest BCUT2D eigenvalue weighted by Gasteiger charge is -2.31. The molecule has 1 saturated heterocycles. The van der Waals surface area contributed by atoms with Gasteiger partial charge in [0.05, 0.1) is 11.9 Å². The van der Waals surface area contributed by atoms with Gasteiger partial charge in [-0.1, -0.05) is 18.2 Å². The first kappa shape index (κ1) is 17.2. The highest BCUT2D eigenvalue weighted by Gasteiger charge is 2.23. The highest BCUT2D eigenvalue weighted by atomic mass is 19.1. The highest BCUT2D eigenvalue weighted by Crippen LogP contribution is 2.34. The summed E-state index contributed by atoms with van der Waals surface area (Å²) in [7, 11) is 0. The lowest BCUT2D eigenvalue weighted by Crippen LogP contribution is -2.32. The van der Waals surface area contributed by atoms with E-state index in [9.17, 15) is 4.39 Å². The molecule has 0 unspecified atom stereocenters. The summed E-state index contributed by atoms with van der Waals surface area (Å²) in [6, 6.07) is 15.1. The SMILES string of the molecule is Fc1ccc(-c2[nH]ncc2CN2CCC(c3c[nH]c4ccccc34)CC2)cc1. The van der Waals surface area contributed by atoms with Crippen molar-refractivity contribution in [3.05, 3.63) is 77.9 Å². The minimum atomic E-state index is -0.218. The third-order valence-corrected chi connectivity index (χ3v) is 5.89. The Kier molecular flexibility index (Phi) is 4.45. The maximum Gasteiger partial charge on any atom is 0.123 e. The Morgan fingerprint density at radius 2 is 1.82 bits per heavy atom. The largest absolute Gasteiger partial charge is 0.361 e. The predicted octanol–water partition coefficient (Wildman–Crippen LogP) is 5.08. The van der Waals surface area contributed by atoms with Gasteiger partial charge in [0.1, 0.15) is 5.82 Å². The number of H-pyrrole nitrogens is 2. The van der Waals surface area contributed by atoms with E-state index in [1.54, 1.807) is 12.1 Å². The van der Waals surface area contributed by atoms with Gasteiger partial charge in [-0.15, -0.1) is 0 Å². The van der Waals surface area contributed by atoms with Gasteiger partial charge in [0, 0.05) is 34.8 Å². The Morgan fingerprint density at radius 1 is 1.04 bits per heavy atom. The average molecular weight is 374 g/mol. The van der Waals surface area contributed by atoms with Gasteiger partial charge in [-0.25, -0.2) is 4.39 Å². The molecule has 1 aliphatic rings. The number of aromatic nitrogens is 3. The Balaban J connectivity index is 1.27. The van der Waals surface area contributed by atoms with E-state index in [-0.39, 0.29) is 5.82 Å². The zero-order chi connectivity index (χ0) is 18.9. The number of piperidine rings is 1. The molecule has 2 aromatic carbocycles. The number of fused-ring (bicyclic) bond motifs is 1. The molecule has 3 heterocycles. The molecule has 1 fully saturated rings. The number of halogens is 1. The monoisotopic (exact) mass is 374 g/mol. The molecular formula is C23H23FN4. The molecule has 0 spiro atoms. The van der Waals surface area contributed by atoms with Gasteiger partial charge >= 0.3 is 0 Å². The van der Waals surface area contributed by atoms with Crippen LogP contribution in [0.2, 0.25) is 0 Å². The van der Waals surface area contributed by atoms with Crippen molar-refractivity contribution in [1.82, 2.24) is 20.1 Å². The number of likely N-dealkylation sites (tertiary alicyclic amines) is 1. The van der Waals surface area contributed by atoms with Crippen LogP contribution >= 0.6 is 0 Å². The molecule has 4 aromatic rings. The molecule has 5 rings (SSSR count). The van der Waals surface area contributed by atoms with Crippen LogP contribution in [0.3, 0.4) is 0 Å². The first-order chi connectivity index (χ1) is 13.8. The number of benzene rings is 2. The van der Waals surface area contributed by atoms with Crippen LogP contribution < -0.4 is 0 Å². The number of rotatable bonds is 4. The number of para-hydroxylation sites is 1. The van der Waals surface area contributed by atoms with E-state index in [1.165, 1.54) is 28.6 Å². The number of nitrogens with zero attached hydrogens (tertiary/aromatic N) is 2. The van der Waals surface area contributed by atoms with Crippen LogP contribution in [0, 0.1) is 5.82 Å². The first-order valence-corrected chi connectivity index (χ1v) is 9.84. The summed E-state index contributed by atoms with van der Waals surface area (Å²) >= 11 is 0. The number of hydrogen-bond donors (Lipinski definition) is 2. The van der Waals surface area contributed by atoms with Crippen molar-refractivity contribution in [1.29, 1.82) is 0 Å². The van der Waals surface area contributed by atoms with Crippen LogP contribution in [-0.2, 0) is 6.54 Å². The molecule has 28 heavy (non-hydrogen) atoms. The van der Waals surface area contributed by atoms with E-state index in [1.807, 2.05) is 6.20 Å². The molecular weight excluding hydrogens is 351 g/mol. The quantitative estimate of drug-likeness (QED) is 0.523. The van der Waals surface area contributed by atoms with Crippen molar-refractivity contribution >= 4 is 10.9 Å². The molecule has 0 amide bonds. The summed E-state index contributed by atoms with van der Waals surface area (Å²) in [6.45, 7) is 3.00. The standard InChI is InChI=1S/C23H23FN4/c24-19-7-5-17(6-8-19)23-18(13-26-27-23)15-28-11-9-16(10-12-28)21-14-25-22-4-2-1-3-20(21)22/h1-8,13-14,16,25H,9-12,15H2,(H,26,27). The molecule has 2 N–H and O–H groups in total. The molecule has 0 radical (unpaired) electrons. The zero-order valence-corrected chi connectivity index (χ0v) is 15.7. The van der Waals surface area contributed by atoms with Gasteiger partial charge < -0.3 is 4.98 Å². The van der Waals surface area contributed by atoms with Gasteiger partial charge in [0.25, 0.3) is 0 Å². The lowest BCUT2D eigenvalue weighted by atomic mass is 9.89. The summed E-state index contributed by atoms with van der Waals surface area (Å²) in [4.78, 5) is 5.90. The lowest BCUT2D eigenvalue weighted by molar-refractivity contribution is 0.205. The highest BCUT2D eigenvalue weighted by molar-refractivity contribution is 5.83. The van der Waals surface area contributed by atoms with Crippen LogP contribution in [0.4, 0.5) is 4.39 Å². The molecule has 1 aliphatic heterocycles. The first-order valence-electron chi connectivity index (χ1n) is 9.84. The summed E-state index contributed by atoms with van der Waals surface area (Å²) < 4.78 is 13.2. The molecule has 0 saturated carbocycles. The molecule has 0 aliphatic carbocycles. The van der Waals surface area contributed by atoms with Gasteiger partial charge in [0.15, 0.2) is 0 Å². The second-order valence-corrected chi connectivity index (χ2v) is 7.62. The molecule has 2 aromatic heterocycles. The van der Waals surface area contributed by atoms with Crippen molar-refractivity contribution in [2.75, 3.05) is 13.1 Å². The minimum Gasteiger partial charge on any atom is -0.361 e. The van der Waals surface area contributed by atoms with Crippen LogP contribution in [0.15, 0.2) is 60.9 Å². The fourth-order valence-electron chi connectivity index (χ4n) is 4.37. The van der Waals surface area contributed by atoms with E-state index >= 15 is 0 Å². The average Bonchev–Trinajstić information content (AvgIpc) is 3.36. The molecule has 0 atom stereocenters. The van der Waals surface area contributed by atoms with Crippen LogP contribution in [-0.4, -0.2) is 33.2 Å². The minimum absolute atomic E-state index is 0.218. The molecule has 5 heteroatoms. The van der Waals surface area contributed by atoms with E-state index in [0.717, 1.165) is 49.3 Å². The number of nitrogens with one attached hydrogen (secondary N) is 2. The van der Waals surface area contributed by atoms with Gasteiger partial charge in [0.2, 0.25) is 0 Å². The number of aromatic amines is 2. The van der Waals surface area contributed by atoms with Gasteiger partial charge in [-0.2, -0.15) is 5.10 Å². The second kappa shape index (κ2) is 7.24. The van der Waals surface area contributed by atoms with Crippen LogP contribution in [0.5, 0.6) is 0 Å². The Labute approximate surface area is 163 Å². The van der Waals surface area contributed by atoms with E-state index < -0.39 is 0 Å². The smallest absolute Gasteiger partial charge is 0.123 e. The summed E-state index contributed by atoms with van der Waals surface area (Å²) in [5.41, 5.74) is 5.80.